The van der Waals surface area contributed by atoms with Crippen LogP contribution in [0.2, 0.25) is 5.02 Å². The Morgan fingerprint density at radius 2 is 1.79 bits per heavy atom. The molecule has 2 saturated heterocycles. The topological polar surface area (TPSA) is 47.9 Å². The summed E-state index contributed by atoms with van der Waals surface area (Å²) >= 11 is 7.47. The number of amides is 1. The van der Waals surface area contributed by atoms with Crippen molar-refractivity contribution in [1.29, 1.82) is 0 Å². The summed E-state index contributed by atoms with van der Waals surface area (Å²) < 4.78 is 0. The zero-order chi connectivity index (χ0) is 19.5. The fraction of sp³-hybridized carbons (Fsp3) is 0.238. The van der Waals surface area contributed by atoms with E-state index in [1.54, 1.807) is 6.07 Å². The van der Waals surface area contributed by atoms with Crippen molar-refractivity contribution in [3.63, 3.8) is 0 Å². The highest BCUT2D eigenvalue weighted by molar-refractivity contribution is 8.18. The van der Waals surface area contributed by atoms with Crippen molar-refractivity contribution in [2.24, 2.45) is 4.99 Å². The van der Waals surface area contributed by atoms with E-state index in [1.165, 1.54) is 17.4 Å². The average Bonchev–Trinajstić information content (AvgIpc) is 3.04. The molecule has 2 aliphatic heterocycles. The molecule has 0 unspecified atom stereocenters. The molecule has 0 bridgehead atoms. The fourth-order valence-electron chi connectivity index (χ4n) is 3.13. The highest BCUT2D eigenvalue weighted by Crippen LogP contribution is 2.31. The third-order valence-corrected chi connectivity index (χ3v) is 6.01. The fourth-order valence-corrected chi connectivity index (χ4v) is 4.14. The number of para-hydroxylation sites is 1. The maximum atomic E-state index is 12.3. The van der Waals surface area contributed by atoms with E-state index in [0.717, 1.165) is 31.7 Å². The van der Waals surface area contributed by atoms with Gasteiger partial charge in [-0.25, -0.2) is 4.99 Å². The van der Waals surface area contributed by atoms with Crippen molar-refractivity contribution in [3.8, 4) is 0 Å². The Kier molecular flexibility index (Phi) is 5.71. The van der Waals surface area contributed by atoms with Gasteiger partial charge in [0.2, 0.25) is 0 Å². The molecule has 0 radical (unpaired) electrons. The number of nitrogens with one attached hydrogen (secondary N) is 1. The van der Waals surface area contributed by atoms with Gasteiger partial charge in [0.1, 0.15) is 0 Å². The highest BCUT2D eigenvalue weighted by atomic mass is 35.5. The summed E-state index contributed by atoms with van der Waals surface area (Å²) in [6, 6.07) is 15.7. The Morgan fingerprint density at radius 1 is 1.07 bits per heavy atom. The number of nitrogens with zero attached hydrogens (tertiary/aromatic N) is 3. The number of hydrogen-bond donors (Lipinski definition) is 1. The van der Waals surface area contributed by atoms with E-state index in [0.29, 0.717) is 20.8 Å². The molecule has 2 aromatic carbocycles. The number of aliphatic imine (C=N–C) groups is 1. The molecule has 1 amide bonds. The number of halogens is 1. The van der Waals surface area contributed by atoms with Crippen molar-refractivity contribution < 1.29 is 4.79 Å². The normalized spacial score (nSPS) is 20.8. The summed E-state index contributed by atoms with van der Waals surface area (Å²) in [4.78, 5) is 22.1. The molecule has 4 rings (SSSR count). The molecule has 2 heterocycles. The molecule has 0 saturated carbocycles. The van der Waals surface area contributed by atoms with Crippen LogP contribution in [0.1, 0.15) is 5.56 Å². The van der Waals surface area contributed by atoms with Crippen molar-refractivity contribution in [3.05, 3.63) is 64.0 Å². The van der Waals surface area contributed by atoms with E-state index in [9.17, 15) is 4.79 Å². The maximum Gasteiger partial charge on any atom is 0.264 e. The number of thioether (sulfide) groups is 1. The number of carbonyl (C=O) groups excluding carboxylic acids is 1. The van der Waals surface area contributed by atoms with Gasteiger partial charge in [0.25, 0.3) is 5.91 Å². The lowest BCUT2D eigenvalue weighted by Gasteiger charge is -2.34. The molecule has 0 atom stereocenters. The van der Waals surface area contributed by atoms with Gasteiger partial charge in [-0.3, -0.25) is 4.79 Å². The third kappa shape index (κ3) is 4.41. The van der Waals surface area contributed by atoms with Gasteiger partial charge in [-0.15, -0.1) is 0 Å². The molecule has 28 heavy (non-hydrogen) atoms. The van der Waals surface area contributed by atoms with Crippen LogP contribution in [-0.2, 0) is 4.79 Å². The Labute approximate surface area is 174 Å². The molecule has 2 aliphatic rings. The monoisotopic (exact) mass is 412 g/mol. The van der Waals surface area contributed by atoms with E-state index in [-0.39, 0.29) is 5.91 Å². The number of piperazine rings is 1. The van der Waals surface area contributed by atoms with Crippen LogP contribution < -0.4 is 10.2 Å². The molecule has 7 heteroatoms. The standard InChI is InChI=1S/C21H21ClN4OS/c1-25-10-12-26(13-11-25)16-8-6-15(7-9-16)14-19-20(27)24-21(28-19)23-18-5-3-2-4-17(18)22/h2-9,14H,10-13H2,1H3,(H,23,24,27)/b19-14+. The Hall–Kier alpha value is -2.28. The Balaban J connectivity index is 1.47. The molecule has 0 aliphatic carbocycles. The Bertz CT molecular complexity index is 934. The van der Waals surface area contributed by atoms with Crippen molar-refractivity contribution >= 4 is 51.9 Å². The van der Waals surface area contributed by atoms with Crippen LogP contribution in [0.5, 0.6) is 0 Å². The van der Waals surface area contributed by atoms with Crippen molar-refractivity contribution in [1.82, 2.24) is 10.2 Å². The number of benzene rings is 2. The number of carbonyl (C=O) groups is 1. The predicted octanol–water partition coefficient (Wildman–Crippen LogP) is 3.98. The first-order valence-electron chi connectivity index (χ1n) is 9.16. The van der Waals surface area contributed by atoms with Crippen LogP contribution in [0.15, 0.2) is 58.4 Å². The van der Waals surface area contributed by atoms with E-state index in [4.69, 9.17) is 11.6 Å². The second-order valence-corrected chi connectivity index (χ2v) is 8.25. The van der Waals surface area contributed by atoms with Crippen LogP contribution in [0, 0.1) is 0 Å². The summed E-state index contributed by atoms with van der Waals surface area (Å²) in [6.45, 7) is 4.24. The van der Waals surface area contributed by atoms with Gasteiger partial charge in [-0.2, -0.15) is 0 Å². The molecule has 5 nitrogen and oxygen atoms in total. The van der Waals surface area contributed by atoms with Gasteiger partial charge in [0.05, 0.1) is 15.6 Å². The van der Waals surface area contributed by atoms with E-state index >= 15 is 0 Å². The van der Waals surface area contributed by atoms with Crippen molar-refractivity contribution in [2.75, 3.05) is 38.1 Å². The SMILES string of the molecule is CN1CCN(c2ccc(/C=C3/SC(=Nc4ccccc4Cl)NC3=O)cc2)CC1. The van der Waals surface area contributed by atoms with Gasteiger partial charge < -0.3 is 15.1 Å². The van der Waals surface area contributed by atoms with Crippen molar-refractivity contribution in [2.45, 2.75) is 0 Å². The molecular formula is C21H21ClN4OS. The summed E-state index contributed by atoms with van der Waals surface area (Å²) in [5, 5.41) is 3.90. The third-order valence-electron chi connectivity index (χ3n) is 4.78. The molecule has 2 aromatic rings. The first-order valence-corrected chi connectivity index (χ1v) is 10.4. The molecular weight excluding hydrogens is 392 g/mol. The number of rotatable bonds is 3. The van der Waals surface area contributed by atoms with Crippen LogP contribution in [0.3, 0.4) is 0 Å². The summed E-state index contributed by atoms with van der Waals surface area (Å²) in [7, 11) is 2.15. The largest absolute Gasteiger partial charge is 0.369 e. The minimum Gasteiger partial charge on any atom is -0.369 e. The minimum absolute atomic E-state index is 0.140. The van der Waals surface area contributed by atoms with Crippen LogP contribution in [0.4, 0.5) is 11.4 Å². The van der Waals surface area contributed by atoms with Gasteiger partial charge >= 0.3 is 0 Å². The first kappa shape index (κ1) is 19.1. The zero-order valence-electron chi connectivity index (χ0n) is 15.6. The molecule has 1 N–H and O–H groups in total. The summed E-state index contributed by atoms with van der Waals surface area (Å²) in [6.07, 6.45) is 1.89. The number of hydrogen-bond acceptors (Lipinski definition) is 5. The lowest BCUT2D eigenvalue weighted by atomic mass is 10.1. The van der Waals surface area contributed by atoms with E-state index < -0.39 is 0 Å². The zero-order valence-corrected chi connectivity index (χ0v) is 17.1. The molecule has 144 valence electrons. The molecule has 0 spiro atoms. The minimum atomic E-state index is -0.140. The highest BCUT2D eigenvalue weighted by Gasteiger charge is 2.24. The second kappa shape index (κ2) is 8.39. The summed E-state index contributed by atoms with van der Waals surface area (Å²) in [5.74, 6) is -0.140. The van der Waals surface area contributed by atoms with Gasteiger partial charge in [0.15, 0.2) is 5.17 Å². The van der Waals surface area contributed by atoms with Crippen LogP contribution in [-0.4, -0.2) is 49.2 Å². The molecule has 0 aromatic heterocycles. The maximum absolute atomic E-state index is 12.3. The predicted molar refractivity (Wildman–Crippen MR) is 118 cm³/mol. The van der Waals surface area contributed by atoms with Gasteiger partial charge in [0, 0.05) is 31.9 Å². The average molecular weight is 413 g/mol. The van der Waals surface area contributed by atoms with E-state index in [1.807, 2.05) is 24.3 Å². The van der Waals surface area contributed by atoms with Crippen LogP contribution in [0.25, 0.3) is 6.08 Å². The Morgan fingerprint density at radius 3 is 2.50 bits per heavy atom. The summed E-state index contributed by atoms with van der Waals surface area (Å²) in [5.41, 5.74) is 2.86. The van der Waals surface area contributed by atoms with E-state index in [2.05, 4.69) is 51.4 Å². The molecule has 2 fully saturated rings. The van der Waals surface area contributed by atoms with Crippen LogP contribution >= 0.6 is 23.4 Å². The smallest absolute Gasteiger partial charge is 0.264 e. The second-order valence-electron chi connectivity index (χ2n) is 6.81. The van der Waals surface area contributed by atoms with Gasteiger partial charge in [-0.1, -0.05) is 35.9 Å². The number of likely N-dealkylation sites (N-methyl/N-ethyl adjacent to an activating group) is 1. The quantitative estimate of drug-likeness (QED) is 0.774. The first-order chi connectivity index (χ1) is 13.6. The lowest BCUT2D eigenvalue weighted by molar-refractivity contribution is -0.115. The lowest BCUT2D eigenvalue weighted by Crippen LogP contribution is -2.44. The van der Waals surface area contributed by atoms with Gasteiger partial charge in [-0.05, 0) is 54.7 Å². The number of amidine groups is 1. The number of anilines is 1.